The van der Waals surface area contributed by atoms with Gasteiger partial charge in [0.2, 0.25) is 0 Å². The first-order chi connectivity index (χ1) is 16.1. The van der Waals surface area contributed by atoms with Crippen LogP contribution in [-0.2, 0) is 5.54 Å². The number of nitrogens with one attached hydrogen (secondary N) is 1. The predicted molar refractivity (Wildman–Crippen MR) is 132 cm³/mol. The van der Waals surface area contributed by atoms with Crippen molar-refractivity contribution in [1.29, 1.82) is 0 Å². The van der Waals surface area contributed by atoms with Crippen molar-refractivity contribution in [2.45, 2.75) is 50.6 Å². The topological polar surface area (TPSA) is 41.6 Å². The van der Waals surface area contributed by atoms with Crippen molar-refractivity contribution in [2.24, 2.45) is 5.92 Å². The number of carbonyl (C=O) groups excluding carboxylic acids is 1. The maximum atomic E-state index is 13.4. The quantitative estimate of drug-likeness (QED) is 0.508. The highest BCUT2D eigenvalue weighted by molar-refractivity contribution is 5.97. The van der Waals surface area contributed by atoms with Crippen LogP contribution in [0.1, 0.15) is 53.6 Å². The summed E-state index contributed by atoms with van der Waals surface area (Å²) in [6, 6.07) is 21.3. The monoisotopic (exact) mass is 440 g/mol. The number of ether oxygens (including phenoxy) is 1. The maximum Gasteiger partial charge on any atom is 0.252 e. The van der Waals surface area contributed by atoms with Gasteiger partial charge in [0, 0.05) is 24.7 Å². The number of nitrogens with zero attached hydrogens (tertiary/aromatic N) is 1. The van der Waals surface area contributed by atoms with E-state index in [0.29, 0.717) is 18.2 Å². The van der Waals surface area contributed by atoms with Gasteiger partial charge in [0.15, 0.2) is 0 Å². The van der Waals surface area contributed by atoms with Gasteiger partial charge in [-0.3, -0.25) is 9.69 Å². The molecular formula is C29H32N2O2. The minimum absolute atomic E-state index is 0.0117. The number of hydrogen-bond donors (Lipinski definition) is 1. The van der Waals surface area contributed by atoms with Gasteiger partial charge in [0.1, 0.15) is 12.4 Å². The van der Waals surface area contributed by atoms with Gasteiger partial charge in [0.05, 0.1) is 5.54 Å². The number of benzene rings is 3. The van der Waals surface area contributed by atoms with E-state index in [4.69, 9.17) is 4.74 Å². The Balaban J connectivity index is 1.16. The molecule has 1 atom stereocenters. The second kappa shape index (κ2) is 8.18. The summed E-state index contributed by atoms with van der Waals surface area (Å²) in [7, 11) is 0. The van der Waals surface area contributed by atoms with Crippen molar-refractivity contribution in [1.82, 2.24) is 10.2 Å². The maximum absolute atomic E-state index is 13.4. The second-order valence-corrected chi connectivity index (χ2v) is 10.2. The van der Waals surface area contributed by atoms with Gasteiger partial charge in [0.25, 0.3) is 5.91 Å². The molecule has 3 aromatic rings. The Morgan fingerprint density at radius 1 is 1.06 bits per heavy atom. The van der Waals surface area contributed by atoms with Crippen LogP contribution < -0.4 is 10.1 Å². The third-order valence-electron chi connectivity index (χ3n) is 7.76. The number of likely N-dealkylation sites (tertiary alicyclic amines) is 1. The molecule has 0 aromatic heterocycles. The molecule has 3 fully saturated rings. The van der Waals surface area contributed by atoms with E-state index in [1.54, 1.807) is 0 Å². The molecule has 2 aliphatic carbocycles. The molecule has 4 heteroatoms. The van der Waals surface area contributed by atoms with E-state index in [1.807, 2.05) is 25.1 Å². The Kier molecular flexibility index (Phi) is 5.14. The van der Waals surface area contributed by atoms with Crippen LogP contribution in [0.4, 0.5) is 0 Å². The SMILES string of the molecule is Cc1ccc(OCC2CCN2CC2CC2)cc1C(=O)NC1(c2cccc3ccccc23)CC1. The summed E-state index contributed by atoms with van der Waals surface area (Å²) in [5.41, 5.74) is 2.64. The molecule has 0 spiro atoms. The van der Waals surface area contributed by atoms with Gasteiger partial charge in [-0.15, -0.1) is 0 Å². The Bertz CT molecular complexity index is 1190. The molecule has 1 amide bonds. The summed E-state index contributed by atoms with van der Waals surface area (Å²) < 4.78 is 6.15. The summed E-state index contributed by atoms with van der Waals surface area (Å²) >= 11 is 0. The minimum Gasteiger partial charge on any atom is -0.492 e. The number of aryl methyl sites for hydroxylation is 1. The van der Waals surface area contributed by atoms with E-state index in [9.17, 15) is 4.79 Å². The molecular weight excluding hydrogens is 408 g/mol. The van der Waals surface area contributed by atoms with Gasteiger partial charge in [-0.25, -0.2) is 0 Å². The van der Waals surface area contributed by atoms with Crippen molar-refractivity contribution < 1.29 is 9.53 Å². The molecule has 4 nitrogen and oxygen atoms in total. The van der Waals surface area contributed by atoms with Gasteiger partial charge >= 0.3 is 0 Å². The largest absolute Gasteiger partial charge is 0.492 e. The van der Waals surface area contributed by atoms with E-state index in [1.165, 1.54) is 48.7 Å². The van der Waals surface area contributed by atoms with Gasteiger partial charge in [-0.2, -0.15) is 0 Å². The van der Waals surface area contributed by atoms with E-state index in [-0.39, 0.29) is 11.4 Å². The van der Waals surface area contributed by atoms with Crippen LogP contribution in [0.5, 0.6) is 5.75 Å². The van der Waals surface area contributed by atoms with Crippen molar-refractivity contribution in [3.63, 3.8) is 0 Å². The third kappa shape index (κ3) is 4.13. The van der Waals surface area contributed by atoms with Gasteiger partial charge in [-0.1, -0.05) is 48.5 Å². The molecule has 0 bridgehead atoms. The lowest BCUT2D eigenvalue weighted by molar-refractivity contribution is 0.0466. The first kappa shape index (κ1) is 20.7. The van der Waals surface area contributed by atoms with Crippen molar-refractivity contribution in [2.75, 3.05) is 19.7 Å². The van der Waals surface area contributed by atoms with Gasteiger partial charge in [-0.05, 0) is 79.0 Å². The molecule has 1 aliphatic heterocycles. The average Bonchev–Trinajstić information content (AvgIpc) is 3.74. The molecule has 6 rings (SSSR count). The van der Waals surface area contributed by atoms with Crippen molar-refractivity contribution in [3.05, 3.63) is 77.4 Å². The number of fused-ring (bicyclic) bond motifs is 1. The predicted octanol–water partition coefficient (Wildman–Crippen LogP) is 5.43. The Labute approximate surface area is 195 Å². The molecule has 170 valence electrons. The van der Waals surface area contributed by atoms with Crippen LogP contribution in [0.25, 0.3) is 10.8 Å². The molecule has 0 radical (unpaired) electrons. The lowest BCUT2D eigenvalue weighted by atomic mass is 9.96. The fraction of sp³-hybridized carbons (Fsp3) is 0.414. The highest BCUT2D eigenvalue weighted by Gasteiger charge is 2.46. The fourth-order valence-corrected chi connectivity index (χ4v) is 5.20. The number of amides is 1. The average molecular weight is 441 g/mol. The first-order valence-electron chi connectivity index (χ1n) is 12.4. The molecule has 2 saturated carbocycles. The van der Waals surface area contributed by atoms with Crippen LogP contribution in [-0.4, -0.2) is 36.5 Å². The first-order valence-corrected chi connectivity index (χ1v) is 12.4. The fourth-order valence-electron chi connectivity index (χ4n) is 5.20. The molecule has 3 aliphatic rings. The van der Waals surface area contributed by atoms with Crippen LogP contribution in [0.15, 0.2) is 60.7 Å². The van der Waals surface area contributed by atoms with Crippen molar-refractivity contribution in [3.8, 4) is 5.75 Å². The Morgan fingerprint density at radius 2 is 1.88 bits per heavy atom. The van der Waals surface area contributed by atoms with E-state index < -0.39 is 0 Å². The summed E-state index contributed by atoms with van der Waals surface area (Å²) in [6.07, 6.45) is 5.93. The van der Waals surface area contributed by atoms with Crippen LogP contribution >= 0.6 is 0 Å². The molecule has 1 unspecified atom stereocenters. The Morgan fingerprint density at radius 3 is 2.64 bits per heavy atom. The summed E-state index contributed by atoms with van der Waals surface area (Å²) in [4.78, 5) is 15.9. The molecule has 1 heterocycles. The number of rotatable bonds is 8. The molecule has 1 saturated heterocycles. The highest BCUT2D eigenvalue weighted by atomic mass is 16.5. The van der Waals surface area contributed by atoms with Crippen LogP contribution in [0.2, 0.25) is 0 Å². The number of carbonyl (C=O) groups is 1. The van der Waals surface area contributed by atoms with E-state index in [2.05, 4.69) is 52.7 Å². The smallest absolute Gasteiger partial charge is 0.252 e. The molecule has 3 aromatic carbocycles. The zero-order valence-electron chi connectivity index (χ0n) is 19.3. The number of hydrogen-bond acceptors (Lipinski definition) is 3. The summed E-state index contributed by atoms with van der Waals surface area (Å²) in [5.74, 6) is 1.69. The van der Waals surface area contributed by atoms with E-state index >= 15 is 0 Å². The standard InChI is InChI=1S/C29H32N2O2/c1-20-9-12-24(33-19-23-13-16-31(23)18-21-10-11-21)17-26(20)28(32)30-29(14-15-29)27-8-4-6-22-5-2-3-7-25(22)27/h2-9,12,17,21,23H,10-11,13-16,18-19H2,1H3,(H,30,32). The zero-order chi connectivity index (χ0) is 22.4. The summed E-state index contributed by atoms with van der Waals surface area (Å²) in [5, 5.41) is 5.82. The molecule has 33 heavy (non-hydrogen) atoms. The molecule has 1 N–H and O–H groups in total. The summed E-state index contributed by atoms with van der Waals surface area (Å²) in [6.45, 7) is 5.13. The lowest BCUT2D eigenvalue weighted by Crippen LogP contribution is -2.51. The normalized spacial score (nSPS) is 21.4. The van der Waals surface area contributed by atoms with Crippen molar-refractivity contribution >= 4 is 16.7 Å². The lowest BCUT2D eigenvalue weighted by Gasteiger charge is -2.40. The second-order valence-electron chi connectivity index (χ2n) is 10.2. The minimum atomic E-state index is -0.267. The highest BCUT2D eigenvalue weighted by Crippen LogP contribution is 2.48. The zero-order valence-corrected chi connectivity index (χ0v) is 19.3. The van der Waals surface area contributed by atoms with Crippen LogP contribution in [0.3, 0.4) is 0 Å². The van der Waals surface area contributed by atoms with Gasteiger partial charge < -0.3 is 10.1 Å². The van der Waals surface area contributed by atoms with Crippen LogP contribution in [0, 0.1) is 12.8 Å². The third-order valence-corrected chi connectivity index (χ3v) is 7.76. The van der Waals surface area contributed by atoms with E-state index in [0.717, 1.165) is 30.1 Å². The Hall–Kier alpha value is -2.85.